The highest BCUT2D eigenvalue weighted by Crippen LogP contribution is 2.18. The van der Waals surface area contributed by atoms with Gasteiger partial charge in [0.05, 0.1) is 11.6 Å². The highest BCUT2D eigenvalue weighted by Gasteiger charge is 2.33. The van der Waals surface area contributed by atoms with Gasteiger partial charge in [-0.05, 0) is 53.0 Å². The van der Waals surface area contributed by atoms with E-state index in [9.17, 15) is 4.79 Å². The van der Waals surface area contributed by atoms with Crippen molar-refractivity contribution < 1.29 is 9.53 Å². The molecule has 17 heavy (non-hydrogen) atoms. The lowest BCUT2D eigenvalue weighted by Gasteiger charge is -2.33. The summed E-state index contributed by atoms with van der Waals surface area (Å²) >= 11 is 0. The van der Waals surface area contributed by atoms with Crippen LogP contribution in [0.25, 0.3) is 0 Å². The second-order valence-electron chi connectivity index (χ2n) is 5.24. The van der Waals surface area contributed by atoms with E-state index in [1.165, 1.54) is 6.42 Å². The summed E-state index contributed by atoms with van der Waals surface area (Å²) in [6, 6.07) is 0. The molecule has 0 radical (unpaired) electrons. The summed E-state index contributed by atoms with van der Waals surface area (Å²) < 4.78 is 5.43. The third kappa shape index (κ3) is 5.04. The van der Waals surface area contributed by atoms with Gasteiger partial charge in [-0.1, -0.05) is 0 Å². The van der Waals surface area contributed by atoms with E-state index < -0.39 is 0 Å². The monoisotopic (exact) mass is 242 g/mol. The van der Waals surface area contributed by atoms with Crippen LogP contribution >= 0.6 is 0 Å². The molecule has 1 aliphatic rings. The first-order valence-electron chi connectivity index (χ1n) is 6.69. The number of ether oxygens (including phenoxy) is 1. The Hall–Kier alpha value is -0.610. The number of nitrogens with one attached hydrogen (secondary N) is 2. The van der Waals surface area contributed by atoms with Crippen molar-refractivity contribution >= 4 is 5.91 Å². The number of piperidine rings is 1. The van der Waals surface area contributed by atoms with Crippen LogP contribution in [-0.2, 0) is 9.53 Å². The fourth-order valence-corrected chi connectivity index (χ4v) is 2.04. The fourth-order valence-electron chi connectivity index (χ4n) is 2.04. The Labute approximate surface area is 104 Å². The van der Waals surface area contributed by atoms with Gasteiger partial charge < -0.3 is 15.4 Å². The Kier molecular flexibility index (Phi) is 5.92. The van der Waals surface area contributed by atoms with Gasteiger partial charge in [0.15, 0.2) is 0 Å². The zero-order valence-corrected chi connectivity index (χ0v) is 11.3. The van der Waals surface area contributed by atoms with Crippen molar-refractivity contribution in [1.82, 2.24) is 10.6 Å². The summed E-state index contributed by atoms with van der Waals surface area (Å²) in [5.74, 6) is 0.127. The second kappa shape index (κ2) is 6.97. The van der Waals surface area contributed by atoms with E-state index in [1.54, 1.807) is 0 Å². The minimum Gasteiger partial charge on any atom is -0.379 e. The Morgan fingerprint density at radius 1 is 1.47 bits per heavy atom. The maximum atomic E-state index is 12.0. The molecule has 1 atom stereocenters. The zero-order chi connectivity index (χ0) is 12.7. The highest BCUT2D eigenvalue weighted by molar-refractivity contribution is 5.85. The Balaban J connectivity index is 2.15. The molecule has 1 aliphatic heterocycles. The first kappa shape index (κ1) is 14.5. The minimum atomic E-state index is -0.364. The summed E-state index contributed by atoms with van der Waals surface area (Å²) in [5, 5.41) is 6.30. The van der Waals surface area contributed by atoms with Crippen LogP contribution in [0, 0.1) is 0 Å². The van der Waals surface area contributed by atoms with Crippen LogP contribution < -0.4 is 10.6 Å². The average Bonchev–Trinajstić information content (AvgIpc) is 2.29. The number of rotatable bonds is 6. The molecule has 1 saturated heterocycles. The number of hydrogen-bond acceptors (Lipinski definition) is 3. The molecule has 1 rings (SSSR count). The maximum Gasteiger partial charge on any atom is 0.240 e. The molecule has 0 unspecified atom stereocenters. The van der Waals surface area contributed by atoms with Gasteiger partial charge in [-0.25, -0.2) is 0 Å². The Bertz CT molecular complexity index is 236. The van der Waals surface area contributed by atoms with Gasteiger partial charge in [0.2, 0.25) is 5.91 Å². The van der Waals surface area contributed by atoms with Crippen molar-refractivity contribution in [2.24, 2.45) is 0 Å². The molecule has 100 valence electrons. The summed E-state index contributed by atoms with van der Waals surface area (Å²) in [4.78, 5) is 12.0. The van der Waals surface area contributed by atoms with Crippen molar-refractivity contribution in [2.45, 2.75) is 58.1 Å². The summed E-state index contributed by atoms with van der Waals surface area (Å²) in [7, 11) is 0. The van der Waals surface area contributed by atoms with Crippen LogP contribution in [0.1, 0.15) is 46.5 Å². The van der Waals surface area contributed by atoms with Crippen LogP contribution in [-0.4, -0.2) is 37.2 Å². The van der Waals surface area contributed by atoms with Gasteiger partial charge in [-0.2, -0.15) is 0 Å². The van der Waals surface area contributed by atoms with Crippen molar-refractivity contribution in [3.05, 3.63) is 0 Å². The molecular weight excluding hydrogens is 216 g/mol. The van der Waals surface area contributed by atoms with Crippen LogP contribution in [0.5, 0.6) is 0 Å². The SMILES string of the molecule is CC(C)OCCCNC(=O)[C@@]1(C)CCCCN1. The number of hydrogen-bond donors (Lipinski definition) is 2. The predicted octanol–water partition coefficient (Wildman–Crippen LogP) is 1.45. The third-order valence-corrected chi connectivity index (χ3v) is 3.18. The summed E-state index contributed by atoms with van der Waals surface area (Å²) in [6.45, 7) is 8.38. The van der Waals surface area contributed by atoms with E-state index in [0.717, 1.165) is 25.8 Å². The second-order valence-corrected chi connectivity index (χ2v) is 5.24. The van der Waals surface area contributed by atoms with Crippen LogP contribution in [0.4, 0.5) is 0 Å². The van der Waals surface area contributed by atoms with Crippen molar-refractivity contribution in [3.63, 3.8) is 0 Å². The third-order valence-electron chi connectivity index (χ3n) is 3.18. The predicted molar refractivity (Wildman–Crippen MR) is 69.0 cm³/mol. The molecule has 2 N–H and O–H groups in total. The smallest absolute Gasteiger partial charge is 0.240 e. The van der Waals surface area contributed by atoms with Crippen LogP contribution in [0.3, 0.4) is 0 Å². The summed E-state index contributed by atoms with van der Waals surface area (Å²) in [5.41, 5.74) is -0.364. The molecule has 4 nitrogen and oxygen atoms in total. The normalized spacial score (nSPS) is 24.9. The van der Waals surface area contributed by atoms with E-state index in [4.69, 9.17) is 4.74 Å². The molecule has 0 aromatic rings. The van der Waals surface area contributed by atoms with E-state index in [-0.39, 0.29) is 17.6 Å². The quantitative estimate of drug-likeness (QED) is 0.693. The Morgan fingerprint density at radius 3 is 2.82 bits per heavy atom. The molecule has 1 amide bonds. The number of amides is 1. The molecule has 1 heterocycles. The van der Waals surface area contributed by atoms with Crippen LogP contribution in [0.2, 0.25) is 0 Å². The lowest BCUT2D eigenvalue weighted by Crippen LogP contribution is -2.57. The van der Waals surface area contributed by atoms with Crippen molar-refractivity contribution in [2.75, 3.05) is 19.7 Å². The van der Waals surface area contributed by atoms with Gasteiger partial charge in [0, 0.05) is 13.2 Å². The van der Waals surface area contributed by atoms with Gasteiger partial charge in [-0.3, -0.25) is 4.79 Å². The largest absolute Gasteiger partial charge is 0.379 e. The highest BCUT2D eigenvalue weighted by atomic mass is 16.5. The van der Waals surface area contributed by atoms with Gasteiger partial charge >= 0.3 is 0 Å². The first-order chi connectivity index (χ1) is 8.04. The molecule has 0 saturated carbocycles. The zero-order valence-electron chi connectivity index (χ0n) is 11.3. The van der Waals surface area contributed by atoms with Crippen molar-refractivity contribution in [1.29, 1.82) is 0 Å². The molecule has 0 bridgehead atoms. The molecule has 0 aliphatic carbocycles. The van der Waals surface area contributed by atoms with E-state index in [0.29, 0.717) is 13.2 Å². The van der Waals surface area contributed by atoms with Crippen LogP contribution in [0.15, 0.2) is 0 Å². The first-order valence-corrected chi connectivity index (χ1v) is 6.69. The Morgan fingerprint density at radius 2 is 2.24 bits per heavy atom. The average molecular weight is 242 g/mol. The van der Waals surface area contributed by atoms with Crippen molar-refractivity contribution in [3.8, 4) is 0 Å². The molecule has 4 heteroatoms. The topological polar surface area (TPSA) is 50.4 Å². The van der Waals surface area contributed by atoms with Gasteiger partial charge in [-0.15, -0.1) is 0 Å². The number of carbonyl (C=O) groups excluding carboxylic acids is 1. The minimum absolute atomic E-state index is 0.127. The van der Waals surface area contributed by atoms with Gasteiger partial charge in [0.1, 0.15) is 0 Å². The molecule has 0 spiro atoms. The number of carbonyl (C=O) groups is 1. The maximum absolute atomic E-state index is 12.0. The fraction of sp³-hybridized carbons (Fsp3) is 0.923. The standard InChI is InChI=1S/C13H26N2O2/c1-11(2)17-10-6-8-14-12(16)13(3)7-4-5-9-15-13/h11,15H,4-10H2,1-3H3,(H,14,16)/t13-/m1/s1. The van der Waals surface area contributed by atoms with E-state index in [1.807, 2.05) is 20.8 Å². The molecule has 0 aromatic carbocycles. The van der Waals surface area contributed by atoms with Gasteiger partial charge in [0.25, 0.3) is 0 Å². The van der Waals surface area contributed by atoms with E-state index >= 15 is 0 Å². The molecular formula is C13H26N2O2. The lowest BCUT2D eigenvalue weighted by molar-refractivity contribution is -0.128. The molecule has 1 fully saturated rings. The van der Waals surface area contributed by atoms with E-state index in [2.05, 4.69) is 10.6 Å². The molecule has 0 aromatic heterocycles. The lowest BCUT2D eigenvalue weighted by atomic mass is 9.90. The summed E-state index contributed by atoms with van der Waals surface area (Å²) in [6.07, 6.45) is 4.38.